The number of hydrogen-bond donors (Lipinski definition) is 1. The van der Waals surface area contributed by atoms with Gasteiger partial charge in [-0.2, -0.15) is 0 Å². The van der Waals surface area contributed by atoms with Gasteiger partial charge in [-0.3, -0.25) is 4.79 Å². The van der Waals surface area contributed by atoms with Crippen molar-refractivity contribution in [1.29, 1.82) is 0 Å². The third-order valence-electron chi connectivity index (χ3n) is 4.03. The molecular weight excluding hydrogens is 318 g/mol. The summed E-state index contributed by atoms with van der Waals surface area (Å²) in [5.74, 6) is 0.311. The number of carbonyl (C=O) groups is 2. The molecule has 5 heteroatoms. The number of aryl methyl sites for hydroxylation is 3. The molecule has 0 aliphatic rings. The molecule has 132 valence electrons. The summed E-state index contributed by atoms with van der Waals surface area (Å²) in [5, 5.41) is 2.87. The third-order valence-corrected chi connectivity index (χ3v) is 4.03. The first-order chi connectivity index (χ1) is 11.9. The fourth-order valence-corrected chi connectivity index (χ4v) is 2.57. The maximum absolute atomic E-state index is 12.2. The van der Waals surface area contributed by atoms with E-state index >= 15 is 0 Å². The predicted octanol–water partition coefficient (Wildman–Crippen LogP) is 3.67. The number of anilines is 1. The summed E-state index contributed by atoms with van der Waals surface area (Å²) in [7, 11) is 2.97. The van der Waals surface area contributed by atoms with Crippen molar-refractivity contribution in [1.82, 2.24) is 0 Å². The van der Waals surface area contributed by atoms with Crippen molar-refractivity contribution in [2.75, 3.05) is 19.5 Å². The Labute approximate surface area is 148 Å². The van der Waals surface area contributed by atoms with Crippen LogP contribution in [-0.2, 0) is 16.0 Å². The molecule has 2 aromatic rings. The molecule has 1 amide bonds. The lowest BCUT2D eigenvalue weighted by Crippen LogP contribution is -2.14. The molecular formula is C20H23NO4. The minimum atomic E-state index is -0.427. The highest BCUT2D eigenvalue weighted by atomic mass is 16.5. The van der Waals surface area contributed by atoms with Gasteiger partial charge in [0.2, 0.25) is 5.91 Å². The van der Waals surface area contributed by atoms with Gasteiger partial charge in [-0.1, -0.05) is 18.2 Å². The Morgan fingerprint density at radius 1 is 1.00 bits per heavy atom. The highest BCUT2D eigenvalue weighted by Crippen LogP contribution is 2.20. The van der Waals surface area contributed by atoms with E-state index in [0.717, 1.165) is 22.4 Å². The first-order valence-corrected chi connectivity index (χ1v) is 8.07. The SMILES string of the molecule is COC(=O)c1ccc(C)c(NC(=O)CCc2ccc(OC)c(C)c2)c1. The Bertz CT molecular complexity index is 783. The zero-order valence-electron chi connectivity index (χ0n) is 15.0. The fourth-order valence-electron chi connectivity index (χ4n) is 2.57. The van der Waals surface area contributed by atoms with Gasteiger partial charge in [-0.15, -0.1) is 0 Å². The third kappa shape index (κ3) is 4.83. The van der Waals surface area contributed by atoms with Crippen LogP contribution in [0.3, 0.4) is 0 Å². The summed E-state index contributed by atoms with van der Waals surface area (Å²) in [4.78, 5) is 23.9. The van der Waals surface area contributed by atoms with Crippen LogP contribution >= 0.6 is 0 Å². The number of nitrogens with one attached hydrogen (secondary N) is 1. The van der Waals surface area contributed by atoms with Crippen molar-refractivity contribution < 1.29 is 19.1 Å². The lowest BCUT2D eigenvalue weighted by molar-refractivity contribution is -0.116. The van der Waals surface area contributed by atoms with Crippen molar-refractivity contribution >= 4 is 17.6 Å². The van der Waals surface area contributed by atoms with Crippen LogP contribution in [0.2, 0.25) is 0 Å². The number of ether oxygens (including phenoxy) is 2. The molecule has 0 saturated heterocycles. The van der Waals surface area contributed by atoms with Gasteiger partial charge in [0.25, 0.3) is 0 Å². The quantitative estimate of drug-likeness (QED) is 0.814. The molecule has 0 aromatic heterocycles. The molecule has 1 N–H and O–H groups in total. The average Bonchev–Trinajstić information content (AvgIpc) is 2.61. The van der Waals surface area contributed by atoms with Gasteiger partial charge in [0.1, 0.15) is 5.75 Å². The molecule has 0 aliphatic heterocycles. The molecule has 0 heterocycles. The van der Waals surface area contributed by atoms with Gasteiger partial charge in [0, 0.05) is 12.1 Å². The molecule has 0 aliphatic carbocycles. The summed E-state index contributed by atoms with van der Waals surface area (Å²) in [5.41, 5.74) is 4.05. The second-order valence-electron chi connectivity index (χ2n) is 5.87. The van der Waals surface area contributed by atoms with Crippen LogP contribution < -0.4 is 10.1 Å². The molecule has 0 unspecified atom stereocenters. The maximum atomic E-state index is 12.2. The smallest absolute Gasteiger partial charge is 0.337 e. The van der Waals surface area contributed by atoms with Gasteiger partial charge in [0.05, 0.1) is 19.8 Å². The summed E-state index contributed by atoms with van der Waals surface area (Å²) >= 11 is 0. The lowest BCUT2D eigenvalue weighted by Gasteiger charge is -2.11. The second-order valence-corrected chi connectivity index (χ2v) is 5.87. The summed E-state index contributed by atoms with van der Waals surface area (Å²) < 4.78 is 9.95. The topological polar surface area (TPSA) is 64.6 Å². The van der Waals surface area contributed by atoms with Crippen molar-refractivity contribution in [3.63, 3.8) is 0 Å². The van der Waals surface area contributed by atoms with Crippen LogP contribution in [0.4, 0.5) is 5.69 Å². The van der Waals surface area contributed by atoms with Crippen LogP contribution in [-0.4, -0.2) is 26.1 Å². The highest BCUT2D eigenvalue weighted by molar-refractivity contribution is 5.95. The summed E-state index contributed by atoms with van der Waals surface area (Å²) in [6.07, 6.45) is 0.986. The van der Waals surface area contributed by atoms with Crippen LogP contribution in [0, 0.1) is 13.8 Å². The first-order valence-electron chi connectivity index (χ1n) is 8.07. The van der Waals surface area contributed by atoms with Crippen molar-refractivity contribution in [2.24, 2.45) is 0 Å². The summed E-state index contributed by atoms with van der Waals surface area (Å²) in [6.45, 7) is 3.85. The van der Waals surface area contributed by atoms with E-state index in [-0.39, 0.29) is 5.91 Å². The Kier molecular flexibility index (Phi) is 6.17. The highest BCUT2D eigenvalue weighted by Gasteiger charge is 2.11. The molecule has 0 spiro atoms. The zero-order valence-corrected chi connectivity index (χ0v) is 15.0. The Morgan fingerprint density at radius 3 is 2.40 bits per heavy atom. The number of methoxy groups -OCH3 is 2. The van der Waals surface area contributed by atoms with E-state index in [0.29, 0.717) is 24.1 Å². The number of hydrogen-bond acceptors (Lipinski definition) is 4. The Morgan fingerprint density at radius 2 is 1.76 bits per heavy atom. The van der Waals surface area contributed by atoms with E-state index in [4.69, 9.17) is 9.47 Å². The average molecular weight is 341 g/mol. The van der Waals surface area contributed by atoms with Crippen LogP contribution in [0.25, 0.3) is 0 Å². The lowest BCUT2D eigenvalue weighted by atomic mass is 10.1. The van der Waals surface area contributed by atoms with E-state index in [2.05, 4.69) is 5.32 Å². The molecule has 2 aromatic carbocycles. The van der Waals surface area contributed by atoms with Crippen LogP contribution in [0.5, 0.6) is 5.75 Å². The van der Waals surface area contributed by atoms with E-state index in [9.17, 15) is 9.59 Å². The number of carbonyl (C=O) groups excluding carboxylic acids is 2. The number of rotatable bonds is 6. The van der Waals surface area contributed by atoms with Crippen molar-refractivity contribution in [3.05, 3.63) is 58.7 Å². The van der Waals surface area contributed by atoms with Gasteiger partial charge in [-0.25, -0.2) is 4.79 Å². The molecule has 0 fully saturated rings. The molecule has 2 rings (SSSR count). The number of esters is 1. The maximum Gasteiger partial charge on any atom is 0.337 e. The first kappa shape index (κ1) is 18.5. The van der Waals surface area contributed by atoms with Gasteiger partial charge in [-0.05, 0) is 55.2 Å². The van der Waals surface area contributed by atoms with E-state index in [1.165, 1.54) is 7.11 Å². The number of benzene rings is 2. The summed E-state index contributed by atoms with van der Waals surface area (Å²) in [6, 6.07) is 11.0. The van der Waals surface area contributed by atoms with Crippen molar-refractivity contribution in [2.45, 2.75) is 26.7 Å². The molecule has 0 saturated carbocycles. The van der Waals surface area contributed by atoms with E-state index in [1.54, 1.807) is 25.3 Å². The van der Waals surface area contributed by atoms with Gasteiger partial charge in [0.15, 0.2) is 0 Å². The molecule has 0 bridgehead atoms. The van der Waals surface area contributed by atoms with Crippen LogP contribution in [0.1, 0.15) is 33.5 Å². The second kappa shape index (κ2) is 8.33. The minimum Gasteiger partial charge on any atom is -0.496 e. The molecule has 5 nitrogen and oxygen atoms in total. The minimum absolute atomic E-state index is 0.0985. The monoisotopic (exact) mass is 341 g/mol. The van der Waals surface area contributed by atoms with E-state index < -0.39 is 5.97 Å². The van der Waals surface area contributed by atoms with Gasteiger partial charge >= 0.3 is 5.97 Å². The number of amides is 1. The Balaban J connectivity index is 2.00. The molecule has 0 atom stereocenters. The zero-order chi connectivity index (χ0) is 18.4. The van der Waals surface area contributed by atoms with Crippen LogP contribution in [0.15, 0.2) is 36.4 Å². The fraction of sp³-hybridized carbons (Fsp3) is 0.300. The van der Waals surface area contributed by atoms with E-state index in [1.807, 2.05) is 32.0 Å². The predicted molar refractivity (Wildman–Crippen MR) is 97.2 cm³/mol. The molecule has 25 heavy (non-hydrogen) atoms. The van der Waals surface area contributed by atoms with Gasteiger partial charge < -0.3 is 14.8 Å². The Hall–Kier alpha value is -2.82. The normalized spacial score (nSPS) is 10.2. The largest absolute Gasteiger partial charge is 0.496 e. The standard InChI is InChI=1S/C20H23NO4/c1-13-5-8-16(20(23)25-4)12-17(13)21-19(22)10-7-15-6-9-18(24-3)14(2)11-15/h5-6,8-9,11-12H,7,10H2,1-4H3,(H,21,22). The molecule has 0 radical (unpaired) electrons. The van der Waals surface area contributed by atoms with Crippen molar-refractivity contribution in [3.8, 4) is 5.75 Å².